The first kappa shape index (κ1) is 16.1. The Bertz CT molecular complexity index is 705. The fourth-order valence-corrected chi connectivity index (χ4v) is 2.82. The lowest BCUT2D eigenvalue weighted by Gasteiger charge is -2.19. The molecule has 1 atom stereocenters. The van der Waals surface area contributed by atoms with E-state index in [0.29, 0.717) is 36.0 Å². The number of carbonyl (C=O) groups is 1. The van der Waals surface area contributed by atoms with Gasteiger partial charge in [0, 0.05) is 25.2 Å². The molecule has 1 fully saturated rings. The van der Waals surface area contributed by atoms with Gasteiger partial charge in [-0.2, -0.15) is 0 Å². The van der Waals surface area contributed by atoms with Gasteiger partial charge in [0.05, 0.1) is 26.3 Å². The van der Waals surface area contributed by atoms with Gasteiger partial charge in [-0.3, -0.25) is 4.79 Å². The number of hydrogen-bond acceptors (Lipinski definition) is 5. The summed E-state index contributed by atoms with van der Waals surface area (Å²) < 4.78 is 16.5. The molecule has 2 heterocycles. The Morgan fingerprint density at radius 2 is 2.04 bits per heavy atom. The molecule has 1 aliphatic heterocycles. The summed E-state index contributed by atoms with van der Waals surface area (Å²) in [5, 5.41) is 0. The molecule has 0 saturated carbocycles. The van der Waals surface area contributed by atoms with E-state index < -0.39 is 0 Å². The molecule has 126 valence electrons. The number of pyridine rings is 1. The van der Waals surface area contributed by atoms with Crippen molar-refractivity contribution in [2.75, 3.05) is 27.3 Å². The summed E-state index contributed by atoms with van der Waals surface area (Å²) in [6.45, 7) is 1.16. The van der Waals surface area contributed by atoms with Crippen molar-refractivity contribution in [1.29, 1.82) is 0 Å². The molecule has 0 bridgehead atoms. The molecule has 1 aliphatic rings. The lowest BCUT2D eigenvalue weighted by Crippen LogP contribution is -2.31. The van der Waals surface area contributed by atoms with Crippen LogP contribution in [0.25, 0.3) is 0 Å². The normalized spacial score (nSPS) is 16.8. The Kier molecular flexibility index (Phi) is 4.84. The summed E-state index contributed by atoms with van der Waals surface area (Å²) in [5.74, 6) is 1.50. The summed E-state index contributed by atoms with van der Waals surface area (Å²) in [6, 6.07) is 10.8. The topological polar surface area (TPSA) is 60.9 Å². The number of benzene rings is 1. The maximum atomic E-state index is 12.8. The lowest BCUT2D eigenvalue weighted by atomic mass is 10.1. The molecule has 0 aliphatic carbocycles. The van der Waals surface area contributed by atoms with Crippen molar-refractivity contribution in [2.45, 2.75) is 12.5 Å². The Balaban J connectivity index is 1.71. The van der Waals surface area contributed by atoms with Crippen LogP contribution in [0.2, 0.25) is 0 Å². The van der Waals surface area contributed by atoms with Crippen molar-refractivity contribution in [3.8, 4) is 17.4 Å². The third kappa shape index (κ3) is 3.27. The number of likely N-dealkylation sites (tertiary alicyclic amines) is 1. The van der Waals surface area contributed by atoms with Gasteiger partial charge in [0.15, 0.2) is 11.5 Å². The summed E-state index contributed by atoms with van der Waals surface area (Å²) >= 11 is 0. The SMILES string of the molecule is COc1cccc(C(=O)N2CCC(Oc3ccccn3)C2)c1OC. The molecule has 6 nitrogen and oxygen atoms in total. The van der Waals surface area contributed by atoms with E-state index in [9.17, 15) is 4.79 Å². The summed E-state index contributed by atoms with van der Waals surface area (Å²) in [5.41, 5.74) is 0.496. The van der Waals surface area contributed by atoms with Crippen molar-refractivity contribution in [2.24, 2.45) is 0 Å². The predicted molar refractivity (Wildman–Crippen MR) is 88.7 cm³/mol. The Hall–Kier alpha value is -2.76. The predicted octanol–water partition coefficient (Wildman–Crippen LogP) is 2.39. The molecule has 0 N–H and O–H groups in total. The van der Waals surface area contributed by atoms with Crippen LogP contribution in [0.4, 0.5) is 0 Å². The number of carbonyl (C=O) groups excluding carboxylic acids is 1. The molecule has 0 spiro atoms. The molecule has 1 aromatic heterocycles. The summed E-state index contributed by atoms with van der Waals surface area (Å²) in [7, 11) is 3.09. The fraction of sp³-hybridized carbons (Fsp3) is 0.333. The zero-order valence-corrected chi connectivity index (χ0v) is 13.8. The van der Waals surface area contributed by atoms with Gasteiger partial charge in [-0.05, 0) is 18.2 Å². The number of nitrogens with zero attached hydrogens (tertiary/aromatic N) is 2. The minimum absolute atomic E-state index is 0.0551. The van der Waals surface area contributed by atoms with Crippen LogP contribution < -0.4 is 14.2 Å². The minimum Gasteiger partial charge on any atom is -0.493 e. The molecular formula is C18H20N2O4. The summed E-state index contributed by atoms with van der Waals surface area (Å²) in [6.07, 6.45) is 2.41. The van der Waals surface area contributed by atoms with Gasteiger partial charge in [-0.25, -0.2) is 4.98 Å². The highest BCUT2D eigenvalue weighted by molar-refractivity contribution is 5.98. The molecule has 2 aromatic rings. The Labute approximate surface area is 141 Å². The average molecular weight is 328 g/mol. The first-order chi connectivity index (χ1) is 11.7. The first-order valence-electron chi connectivity index (χ1n) is 7.81. The van der Waals surface area contributed by atoms with E-state index in [1.54, 1.807) is 36.4 Å². The molecule has 1 saturated heterocycles. The molecule has 24 heavy (non-hydrogen) atoms. The van der Waals surface area contributed by atoms with Gasteiger partial charge >= 0.3 is 0 Å². The highest BCUT2D eigenvalue weighted by Crippen LogP contribution is 2.32. The fourth-order valence-electron chi connectivity index (χ4n) is 2.82. The highest BCUT2D eigenvalue weighted by Gasteiger charge is 2.30. The van der Waals surface area contributed by atoms with Gasteiger partial charge in [0.1, 0.15) is 6.10 Å². The van der Waals surface area contributed by atoms with Crippen LogP contribution in [0, 0.1) is 0 Å². The second-order valence-electron chi connectivity index (χ2n) is 5.49. The molecular weight excluding hydrogens is 308 g/mol. The van der Waals surface area contributed by atoms with Crippen LogP contribution >= 0.6 is 0 Å². The van der Waals surface area contributed by atoms with E-state index in [1.165, 1.54) is 7.11 Å². The van der Waals surface area contributed by atoms with Gasteiger partial charge in [-0.15, -0.1) is 0 Å². The van der Waals surface area contributed by atoms with E-state index in [2.05, 4.69) is 4.98 Å². The van der Waals surface area contributed by atoms with Crippen LogP contribution in [0.5, 0.6) is 17.4 Å². The van der Waals surface area contributed by atoms with E-state index in [1.807, 2.05) is 18.2 Å². The van der Waals surface area contributed by atoms with Crippen molar-refractivity contribution < 1.29 is 19.0 Å². The number of para-hydroxylation sites is 1. The average Bonchev–Trinajstić information content (AvgIpc) is 3.09. The molecule has 1 amide bonds. The maximum Gasteiger partial charge on any atom is 0.257 e. The quantitative estimate of drug-likeness (QED) is 0.843. The van der Waals surface area contributed by atoms with Crippen LogP contribution in [0.15, 0.2) is 42.6 Å². The van der Waals surface area contributed by atoms with E-state index in [0.717, 1.165) is 6.42 Å². The number of hydrogen-bond donors (Lipinski definition) is 0. The van der Waals surface area contributed by atoms with E-state index in [-0.39, 0.29) is 12.0 Å². The standard InChI is InChI=1S/C18H20N2O4/c1-22-15-7-5-6-14(17(15)23-2)18(21)20-11-9-13(12-20)24-16-8-3-4-10-19-16/h3-8,10,13H,9,11-12H2,1-2H3. The van der Waals surface area contributed by atoms with E-state index in [4.69, 9.17) is 14.2 Å². The van der Waals surface area contributed by atoms with Gasteiger partial charge in [-0.1, -0.05) is 12.1 Å². The molecule has 1 unspecified atom stereocenters. The minimum atomic E-state index is -0.0853. The van der Waals surface area contributed by atoms with Crippen LogP contribution in [0.3, 0.4) is 0 Å². The number of aromatic nitrogens is 1. The van der Waals surface area contributed by atoms with Gasteiger partial charge in [0.2, 0.25) is 5.88 Å². The van der Waals surface area contributed by atoms with Crippen molar-refractivity contribution >= 4 is 5.91 Å². The van der Waals surface area contributed by atoms with Crippen LogP contribution in [-0.4, -0.2) is 49.2 Å². The molecule has 1 aromatic carbocycles. The molecule has 3 rings (SSSR count). The Morgan fingerprint density at radius 3 is 2.75 bits per heavy atom. The smallest absolute Gasteiger partial charge is 0.257 e. The Morgan fingerprint density at radius 1 is 1.17 bits per heavy atom. The monoisotopic (exact) mass is 328 g/mol. The van der Waals surface area contributed by atoms with Crippen molar-refractivity contribution in [1.82, 2.24) is 9.88 Å². The number of rotatable bonds is 5. The van der Waals surface area contributed by atoms with Crippen molar-refractivity contribution in [3.05, 3.63) is 48.2 Å². The zero-order valence-electron chi connectivity index (χ0n) is 13.8. The largest absolute Gasteiger partial charge is 0.493 e. The lowest BCUT2D eigenvalue weighted by molar-refractivity contribution is 0.0767. The first-order valence-corrected chi connectivity index (χ1v) is 7.81. The third-order valence-electron chi connectivity index (χ3n) is 3.99. The maximum absolute atomic E-state index is 12.8. The summed E-state index contributed by atoms with van der Waals surface area (Å²) in [4.78, 5) is 18.7. The second-order valence-corrected chi connectivity index (χ2v) is 5.49. The number of ether oxygens (including phenoxy) is 3. The number of amides is 1. The van der Waals surface area contributed by atoms with Crippen molar-refractivity contribution in [3.63, 3.8) is 0 Å². The van der Waals surface area contributed by atoms with E-state index >= 15 is 0 Å². The third-order valence-corrected chi connectivity index (χ3v) is 3.99. The van der Waals surface area contributed by atoms with Gasteiger partial charge < -0.3 is 19.1 Å². The highest BCUT2D eigenvalue weighted by atomic mass is 16.5. The molecule has 0 radical (unpaired) electrons. The van der Waals surface area contributed by atoms with Crippen LogP contribution in [-0.2, 0) is 0 Å². The molecule has 6 heteroatoms. The zero-order chi connectivity index (χ0) is 16.9. The second kappa shape index (κ2) is 7.21. The van der Waals surface area contributed by atoms with Gasteiger partial charge in [0.25, 0.3) is 5.91 Å². The number of methoxy groups -OCH3 is 2. The van der Waals surface area contributed by atoms with Crippen LogP contribution in [0.1, 0.15) is 16.8 Å².